The van der Waals surface area contributed by atoms with Gasteiger partial charge in [-0.2, -0.15) is 0 Å². The number of anilines is 1. The van der Waals surface area contributed by atoms with Crippen molar-refractivity contribution in [2.45, 2.75) is 45.1 Å². The molecule has 1 unspecified atom stereocenters. The van der Waals surface area contributed by atoms with E-state index in [1.54, 1.807) is 13.3 Å². The van der Waals surface area contributed by atoms with Crippen molar-refractivity contribution in [1.82, 2.24) is 15.2 Å². The van der Waals surface area contributed by atoms with Crippen molar-refractivity contribution in [1.29, 1.82) is 0 Å². The highest BCUT2D eigenvalue weighted by atomic mass is 32.1. The molecular formula is C21H30N4OS. The lowest BCUT2D eigenvalue weighted by Crippen LogP contribution is -2.40. The zero-order chi connectivity index (χ0) is 19.1. The summed E-state index contributed by atoms with van der Waals surface area (Å²) in [6, 6.07) is 8.61. The fourth-order valence-electron chi connectivity index (χ4n) is 3.89. The van der Waals surface area contributed by atoms with Crippen LogP contribution in [0.2, 0.25) is 0 Å². The standard InChI is InChI=1S/C21H30N4OS/c1-3-16-8-4-5-14-25(16)15-7-13-23-21(27)24-18-10-11-19(26-2)20-17(18)9-6-12-22-20/h6,9-12,16H,3-5,7-8,13-15H2,1-2H3,(H2,23,24,27). The molecule has 0 spiro atoms. The summed E-state index contributed by atoms with van der Waals surface area (Å²) in [5, 5.41) is 8.29. The molecule has 1 aliphatic heterocycles. The number of likely N-dealkylation sites (tertiary alicyclic amines) is 1. The van der Waals surface area contributed by atoms with Crippen molar-refractivity contribution in [2.75, 3.05) is 32.1 Å². The quantitative estimate of drug-likeness (QED) is 0.550. The largest absolute Gasteiger partial charge is 0.494 e. The molecule has 2 aromatic rings. The lowest BCUT2D eigenvalue weighted by atomic mass is 10.00. The van der Waals surface area contributed by atoms with Crippen LogP contribution in [-0.2, 0) is 0 Å². The van der Waals surface area contributed by atoms with Gasteiger partial charge >= 0.3 is 0 Å². The molecule has 6 heteroatoms. The molecule has 0 bridgehead atoms. The van der Waals surface area contributed by atoms with E-state index in [1.165, 1.54) is 32.2 Å². The molecule has 146 valence electrons. The highest BCUT2D eigenvalue weighted by molar-refractivity contribution is 7.80. The number of ether oxygens (including phenoxy) is 1. The SMILES string of the molecule is CCC1CCCCN1CCCNC(=S)Nc1ccc(OC)c2ncccc12. The fraction of sp³-hybridized carbons (Fsp3) is 0.524. The minimum Gasteiger partial charge on any atom is -0.494 e. The molecule has 1 atom stereocenters. The third kappa shape index (κ3) is 5.08. The van der Waals surface area contributed by atoms with Crippen LogP contribution < -0.4 is 15.4 Å². The minimum atomic E-state index is 0.649. The van der Waals surface area contributed by atoms with Crippen LogP contribution in [-0.4, -0.2) is 47.8 Å². The number of piperidine rings is 1. The average Bonchev–Trinajstić information content (AvgIpc) is 2.71. The third-order valence-electron chi connectivity index (χ3n) is 5.33. The van der Waals surface area contributed by atoms with Gasteiger partial charge in [-0.3, -0.25) is 4.98 Å². The maximum atomic E-state index is 5.49. The predicted octanol–water partition coefficient (Wildman–Crippen LogP) is 4.18. The van der Waals surface area contributed by atoms with Gasteiger partial charge in [0.05, 0.1) is 7.11 Å². The molecular weight excluding hydrogens is 356 g/mol. The summed E-state index contributed by atoms with van der Waals surface area (Å²) in [5.41, 5.74) is 1.78. The Bertz CT molecular complexity index is 767. The number of aromatic nitrogens is 1. The summed E-state index contributed by atoms with van der Waals surface area (Å²) >= 11 is 5.49. The Morgan fingerprint density at radius 3 is 3.04 bits per heavy atom. The first-order valence-corrected chi connectivity index (χ1v) is 10.3. The Morgan fingerprint density at radius 2 is 2.22 bits per heavy atom. The second-order valence-electron chi connectivity index (χ2n) is 7.04. The van der Waals surface area contributed by atoms with E-state index in [9.17, 15) is 0 Å². The fourth-order valence-corrected chi connectivity index (χ4v) is 4.10. The van der Waals surface area contributed by atoms with Crippen molar-refractivity contribution in [2.24, 2.45) is 0 Å². The lowest BCUT2D eigenvalue weighted by molar-refractivity contribution is 0.143. The number of nitrogens with one attached hydrogen (secondary N) is 2. The van der Waals surface area contributed by atoms with E-state index < -0.39 is 0 Å². The Balaban J connectivity index is 1.50. The molecule has 27 heavy (non-hydrogen) atoms. The van der Waals surface area contributed by atoms with Gasteiger partial charge in [0.1, 0.15) is 11.3 Å². The molecule has 3 rings (SSSR count). The average molecular weight is 387 g/mol. The summed E-state index contributed by atoms with van der Waals surface area (Å²) in [6.07, 6.45) is 8.20. The Labute approximate surface area is 167 Å². The molecule has 1 saturated heterocycles. The summed E-state index contributed by atoms with van der Waals surface area (Å²) < 4.78 is 5.40. The van der Waals surface area contributed by atoms with Crippen molar-refractivity contribution < 1.29 is 4.74 Å². The van der Waals surface area contributed by atoms with E-state index in [0.717, 1.165) is 47.9 Å². The highest BCUT2D eigenvalue weighted by Crippen LogP contribution is 2.29. The lowest BCUT2D eigenvalue weighted by Gasteiger charge is -2.35. The zero-order valence-electron chi connectivity index (χ0n) is 16.3. The molecule has 2 heterocycles. The van der Waals surface area contributed by atoms with Gasteiger partial charge in [-0.15, -0.1) is 0 Å². The number of benzene rings is 1. The number of pyridine rings is 1. The topological polar surface area (TPSA) is 49.4 Å². The Kier molecular flexibility index (Phi) is 7.24. The molecule has 1 fully saturated rings. The van der Waals surface area contributed by atoms with E-state index in [1.807, 2.05) is 24.3 Å². The first-order chi connectivity index (χ1) is 13.2. The third-order valence-corrected chi connectivity index (χ3v) is 5.58. The number of thiocarbonyl (C=S) groups is 1. The second-order valence-corrected chi connectivity index (χ2v) is 7.45. The van der Waals surface area contributed by atoms with Crippen LogP contribution in [0, 0.1) is 0 Å². The smallest absolute Gasteiger partial charge is 0.170 e. The number of hydrogen-bond donors (Lipinski definition) is 2. The molecule has 5 nitrogen and oxygen atoms in total. The van der Waals surface area contributed by atoms with Crippen LogP contribution in [0.1, 0.15) is 39.0 Å². The molecule has 0 radical (unpaired) electrons. The van der Waals surface area contributed by atoms with Crippen LogP contribution in [0.25, 0.3) is 10.9 Å². The molecule has 1 aliphatic rings. The van der Waals surface area contributed by atoms with Crippen LogP contribution in [0.3, 0.4) is 0 Å². The summed E-state index contributed by atoms with van der Waals surface area (Å²) in [7, 11) is 1.66. The number of methoxy groups -OCH3 is 1. The maximum absolute atomic E-state index is 5.49. The predicted molar refractivity (Wildman–Crippen MR) is 117 cm³/mol. The zero-order valence-corrected chi connectivity index (χ0v) is 17.1. The maximum Gasteiger partial charge on any atom is 0.170 e. The summed E-state index contributed by atoms with van der Waals surface area (Å²) in [4.78, 5) is 7.07. The van der Waals surface area contributed by atoms with Gasteiger partial charge in [-0.1, -0.05) is 13.3 Å². The molecule has 1 aromatic heterocycles. The second kappa shape index (κ2) is 9.85. The highest BCUT2D eigenvalue weighted by Gasteiger charge is 2.19. The number of hydrogen-bond acceptors (Lipinski definition) is 4. The first kappa shape index (κ1) is 19.8. The van der Waals surface area contributed by atoms with Gasteiger partial charge in [0.2, 0.25) is 0 Å². The van der Waals surface area contributed by atoms with Crippen LogP contribution in [0.15, 0.2) is 30.5 Å². The minimum absolute atomic E-state index is 0.649. The molecule has 0 aliphatic carbocycles. The van der Waals surface area contributed by atoms with E-state index in [2.05, 4.69) is 27.4 Å². The van der Waals surface area contributed by atoms with Gasteiger partial charge in [0.15, 0.2) is 5.11 Å². The van der Waals surface area contributed by atoms with E-state index >= 15 is 0 Å². The molecule has 1 aromatic carbocycles. The number of fused-ring (bicyclic) bond motifs is 1. The van der Waals surface area contributed by atoms with Crippen molar-refractivity contribution in [3.05, 3.63) is 30.5 Å². The summed E-state index contributed by atoms with van der Waals surface area (Å²) in [5.74, 6) is 0.766. The molecule has 0 saturated carbocycles. The van der Waals surface area contributed by atoms with E-state index in [0.29, 0.717) is 5.11 Å². The first-order valence-electron chi connectivity index (χ1n) is 9.93. The molecule has 0 amide bonds. The van der Waals surface area contributed by atoms with E-state index in [-0.39, 0.29) is 0 Å². The Morgan fingerprint density at radius 1 is 1.33 bits per heavy atom. The van der Waals surface area contributed by atoms with Gasteiger partial charge in [0, 0.05) is 36.4 Å². The number of nitrogens with zero attached hydrogens (tertiary/aromatic N) is 2. The monoisotopic (exact) mass is 386 g/mol. The van der Waals surface area contributed by atoms with Crippen molar-refractivity contribution in [3.8, 4) is 5.75 Å². The van der Waals surface area contributed by atoms with Gasteiger partial charge in [0.25, 0.3) is 0 Å². The van der Waals surface area contributed by atoms with Gasteiger partial charge in [-0.05, 0) is 68.7 Å². The Hall–Kier alpha value is -1.92. The van der Waals surface area contributed by atoms with E-state index in [4.69, 9.17) is 17.0 Å². The summed E-state index contributed by atoms with van der Waals surface area (Å²) in [6.45, 7) is 5.56. The molecule has 2 N–H and O–H groups in total. The van der Waals surface area contributed by atoms with Crippen LogP contribution >= 0.6 is 12.2 Å². The van der Waals surface area contributed by atoms with Crippen LogP contribution in [0.4, 0.5) is 5.69 Å². The van der Waals surface area contributed by atoms with Gasteiger partial charge in [-0.25, -0.2) is 0 Å². The van der Waals surface area contributed by atoms with Crippen molar-refractivity contribution >= 4 is 33.9 Å². The van der Waals surface area contributed by atoms with Gasteiger partial charge < -0.3 is 20.3 Å². The van der Waals surface area contributed by atoms with Crippen LogP contribution in [0.5, 0.6) is 5.75 Å². The van der Waals surface area contributed by atoms with Crippen molar-refractivity contribution in [3.63, 3.8) is 0 Å². The number of rotatable bonds is 7. The normalized spacial score (nSPS) is 17.6.